The van der Waals surface area contributed by atoms with Gasteiger partial charge in [-0.15, -0.1) is 0 Å². The van der Waals surface area contributed by atoms with Crippen molar-refractivity contribution in [3.05, 3.63) is 59.7 Å². The van der Waals surface area contributed by atoms with E-state index in [4.69, 9.17) is 0 Å². The lowest BCUT2D eigenvalue weighted by Gasteiger charge is -2.30. The lowest BCUT2D eigenvalue weighted by Crippen LogP contribution is -2.38. The minimum atomic E-state index is -3.63. The zero-order valence-corrected chi connectivity index (χ0v) is 20.5. The Morgan fingerprint density at radius 1 is 0.971 bits per heavy atom. The molecule has 2 aromatic rings. The molecule has 2 amide bonds. The van der Waals surface area contributed by atoms with E-state index < -0.39 is 10.0 Å². The van der Waals surface area contributed by atoms with Gasteiger partial charge in [-0.2, -0.15) is 0 Å². The normalized spacial score (nSPS) is 16.5. The maximum atomic E-state index is 12.8. The van der Waals surface area contributed by atoms with Gasteiger partial charge in [0.05, 0.1) is 4.90 Å². The van der Waals surface area contributed by atoms with Gasteiger partial charge in [0.25, 0.3) is 0 Å². The average molecular weight is 484 g/mol. The van der Waals surface area contributed by atoms with Crippen molar-refractivity contribution in [2.75, 3.05) is 31.1 Å². The van der Waals surface area contributed by atoms with E-state index >= 15 is 0 Å². The minimum absolute atomic E-state index is 0.0442. The summed E-state index contributed by atoms with van der Waals surface area (Å²) in [5.41, 5.74) is 2.66. The second-order valence-corrected chi connectivity index (χ2v) is 11.0. The minimum Gasteiger partial charge on any atom is -0.343 e. The average Bonchev–Trinajstić information content (AvgIpc) is 3.27. The summed E-state index contributed by atoms with van der Waals surface area (Å²) in [5, 5.41) is 0. The summed E-state index contributed by atoms with van der Waals surface area (Å²) in [4.78, 5) is 29.1. The molecule has 4 rings (SSSR count). The monoisotopic (exact) mass is 483 g/mol. The second-order valence-electron chi connectivity index (χ2n) is 9.28. The number of carbonyl (C=O) groups excluding carboxylic acids is 2. The molecule has 2 aromatic carbocycles. The van der Waals surface area contributed by atoms with Crippen LogP contribution < -0.4 is 9.62 Å². The lowest BCUT2D eigenvalue weighted by atomic mass is 9.99. The molecule has 2 aliphatic heterocycles. The summed E-state index contributed by atoms with van der Waals surface area (Å²) < 4.78 is 28.2. The first-order valence-electron chi connectivity index (χ1n) is 12.1. The number of anilines is 1. The number of likely N-dealkylation sites (tertiary alicyclic amines) is 1. The molecule has 1 fully saturated rings. The first kappa shape index (κ1) is 24.4. The number of nitrogens with one attached hydrogen (secondary N) is 1. The predicted molar refractivity (Wildman–Crippen MR) is 132 cm³/mol. The maximum absolute atomic E-state index is 12.8. The molecule has 0 unspecified atom stereocenters. The van der Waals surface area contributed by atoms with Crippen molar-refractivity contribution < 1.29 is 18.0 Å². The van der Waals surface area contributed by atoms with Crippen LogP contribution in [-0.2, 0) is 32.5 Å². The molecule has 182 valence electrons. The third kappa shape index (κ3) is 5.85. The highest BCUT2D eigenvalue weighted by atomic mass is 32.2. The number of benzene rings is 2. The van der Waals surface area contributed by atoms with Gasteiger partial charge in [-0.1, -0.05) is 37.3 Å². The van der Waals surface area contributed by atoms with Gasteiger partial charge in [-0.05, 0) is 60.9 Å². The topological polar surface area (TPSA) is 86.8 Å². The predicted octanol–water partition coefficient (Wildman–Crippen LogP) is 3.14. The first-order chi connectivity index (χ1) is 16.3. The largest absolute Gasteiger partial charge is 0.343 e. The number of nitrogens with zero attached hydrogens (tertiary/aromatic N) is 2. The molecule has 0 atom stereocenters. The fraction of sp³-hybridized carbons (Fsp3) is 0.462. The van der Waals surface area contributed by atoms with Crippen molar-refractivity contribution in [3.63, 3.8) is 0 Å². The molecule has 0 aliphatic carbocycles. The maximum Gasteiger partial charge on any atom is 0.240 e. The standard InChI is InChI=1S/C26H33N3O4S/c1-20-12-16-28(17-13-20)25(30)9-10-26(31)29-18-14-22-19-23(7-8-24(22)29)34(32,33)27-15-11-21-5-3-2-4-6-21/h2-8,19-20,27H,9-18H2,1H3. The molecule has 1 saturated heterocycles. The van der Waals surface area contributed by atoms with Crippen molar-refractivity contribution in [2.24, 2.45) is 5.92 Å². The number of sulfonamides is 1. The van der Waals surface area contributed by atoms with Crippen LogP contribution in [0.5, 0.6) is 0 Å². The Balaban J connectivity index is 1.32. The summed E-state index contributed by atoms with van der Waals surface area (Å²) in [6.45, 7) is 4.58. The van der Waals surface area contributed by atoms with Crippen LogP contribution in [0.1, 0.15) is 43.7 Å². The van der Waals surface area contributed by atoms with E-state index in [0.717, 1.165) is 42.7 Å². The van der Waals surface area contributed by atoms with Crippen LogP contribution in [0.15, 0.2) is 53.4 Å². The van der Waals surface area contributed by atoms with Crippen molar-refractivity contribution in [1.29, 1.82) is 0 Å². The summed E-state index contributed by atoms with van der Waals surface area (Å²) in [6.07, 6.45) is 3.65. The van der Waals surface area contributed by atoms with E-state index in [9.17, 15) is 18.0 Å². The summed E-state index contributed by atoms with van der Waals surface area (Å²) in [5.74, 6) is 0.608. The molecule has 2 aliphatic rings. The summed E-state index contributed by atoms with van der Waals surface area (Å²) in [6, 6.07) is 14.6. The van der Waals surface area contributed by atoms with E-state index in [0.29, 0.717) is 31.8 Å². The van der Waals surface area contributed by atoms with Crippen LogP contribution in [0, 0.1) is 5.92 Å². The van der Waals surface area contributed by atoms with Crippen molar-refractivity contribution in [2.45, 2.75) is 50.3 Å². The highest BCUT2D eigenvalue weighted by Crippen LogP contribution is 2.31. The van der Waals surface area contributed by atoms with Gasteiger partial charge in [0.15, 0.2) is 0 Å². The fourth-order valence-electron chi connectivity index (χ4n) is 4.63. The Morgan fingerprint density at radius 3 is 2.41 bits per heavy atom. The van der Waals surface area contributed by atoms with Crippen LogP contribution >= 0.6 is 0 Å². The van der Waals surface area contributed by atoms with E-state index in [-0.39, 0.29) is 29.6 Å². The third-order valence-electron chi connectivity index (χ3n) is 6.80. The van der Waals surface area contributed by atoms with Crippen molar-refractivity contribution in [1.82, 2.24) is 9.62 Å². The number of carbonyl (C=O) groups is 2. The number of piperidine rings is 1. The summed E-state index contributed by atoms with van der Waals surface area (Å²) >= 11 is 0. The van der Waals surface area contributed by atoms with E-state index in [1.54, 1.807) is 23.1 Å². The van der Waals surface area contributed by atoms with Gasteiger partial charge in [0.2, 0.25) is 21.8 Å². The number of fused-ring (bicyclic) bond motifs is 1. The third-order valence-corrected chi connectivity index (χ3v) is 8.25. The quantitative estimate of drug-likeness (QED) is 0.625. The van der Waals surface area contributed by atoms with Gasteiger partial charge in [-0.3, -0.25) is 9.59 Å². The van der Waals surface area contributed by atoms with Crippen molar-refractivity contribution in [3.8, 4) is 0 Å². The second kappa shape index (κ2) is 10.7. The fourth-order valence-corrected chi connectivity index (χ4v) is 5.71. The first-order valence-corrected chi connectivity index (χ1v) is 13.6. The van der Waals surface area contributed by atoms with Gasteiger partial charge in [0, 0.05) is 44.7 Å². The Kier molecular flexibility index (Phi) is 7.68. The zero-order chi connectivity index (χ0) is 24.1. The molecule has 0 saturated carbocycles. The summed E-state index contributed by atoms with van der Waals surface area (Å²) in [7, 11) is -3.63. The molecule has 2 heterocycles. The van der Waals surface area contributed by atoms with Gasteiger partial charge >= 0.3 is 0 Å². The van der Waals surface area contributed by atoms with Crippen LogP contribution in [0.3, 0.4) is 0 Å². The molecular weight excluding hydrogens is 450 g/mol. The van der Waals surface area contributed by atoms with Gasteiger partial charge < -0.3 is 9.80 Å². The Bertz CT molecular complexity index is 1130. The van der Waals surface area contributed by atoms with Crippen LogP contribution in [-0.4, -0.2) is 51.3 Å². The van der Waals surface area contributed by atoms with E-state index in [2.05, 4.69) is 11.6 Å². The van der Waals surface area contributed by atoms with Crippen molar-refractivity contribution >= 4 is 27.5 Å². The molecule has 0 aromatic heterocycles. The van der Waals surface area contributed by atoms with E-state index in [1.165, 1.54) is 0 Å². The number of rotatable bonds is 8. The number of hydrogen-bond donors (Lipinski definition) is 1. The molecule has 34 heavy (non-hydrogen) atoms. The Labute approximate surface area is 202 Å². The highest BCUT2D eigenvalue weighted by Gasteiger charge is 2.28. The van der Waals surface area contributed by atoms with Crippen LogP contribution in [0.2, 0.25) is 0 Å². The number of amides is 2. The zero-order valence-electron chi connectivity index (χ0n) is 19.7. The SMILES string of the molecule is CC1CCN(C(=O)CCC(=O)N2CCc3cc(S(=O)(=O)NCCc4ccccc4)ccc32)CC1. The molecule has 0 radical (unpaired) electrons. The number of hydrogen-bond acceptors (Lipinski definition) is 4. The van der Waals surface area contributed by atoms with Crippen LogP contribution in [0.25, 0.3) is 0 Å². The molecule has 0 spiro atoms. The van der Waals surface area contributed by atoms with Crippen LogP contribution in [0.4, 0.5) is 5.69 Å². The van der Waals surface area contributed by atoms with E-state index in [1.807, 2.05) is 35.2 Å². The molecule has 0 bridgehead atoms. The van der Waals surface area contributed by atoms with Gasteiger partial charge in [-0.25, -0.2) is 13.1 Å². The smallest absolute Gasteiger partial charge is 0.240 e. The molecule has 1 N–H and O–H groups in total. The molecule has 7 nitrogen and oxygen atoms in total. The molecule has 8 heteroatoms. The Hall–Kier alpha value is -2.71. The highest BCUT2D eigenvalue weighted by molar-refractivity contribution is 7.89. The molecular formula is C26H33N3O4S. The van der Waals surface area contributed by atoms with Gasteiger partial charge in [0.1, 0.15) is 0 Å². The lowest BCUT2D eigenvalue weighted by molar-refractivity contribution is -0.134. The Morgan fingerprint density at radius 2 is 1.68 bits per heavy atom.